The number of carboxylic acid groups (broad SMARTS) is 1. The van der Waals surface area contributed by atoms with E-state index in [2.05, 4.69) is 0 Å². The van der Waals surface area contributed by atoms with Gasteiger partial charge in [0.25, 0.3) is 0 Å². The Kier molecular flexibility index (Phi) is 3.64. The van der Waals surface area contributed by atoms with Crippen LogP contribution in [0.25, 0.3) is 0 Å². The second-order valence-electron chi connectivity index (χ2n) is 3.09. The van der Waals surface area contributed by atoms with Crippen LogP contribution in [0.1, 0.15) is 0 Å². The molecule has 0 aromatic rings. The zero-order valence-corrected chi connectivity index (χ0v) is 7.33. The van der Waals surface area contributed by atoms with Crippen LogP contribution in [0, 0.1) is 0 Å². The molecule has 4 atom stereocenters. The lowest BCUT2D eigenvalue weighted by Crippen LogP contribution is -2.59. The summed E-state index contributed by atoms with van der Waals surface area (Å²) in [6, 6.07) is -0.870. The van der Waals surface area contributed by atoms with Gasteiger partial charge in [-0.2, -0.15) is 0 Å². The van der Waals surface area contributed by atoms with Gasteiger partial charge < -0.3 is 30.5 Å². The van der Waals surface area contributed by atoms with Gasteiger partial charge in [-0.15, -0.1) is 0 Å². The maximum atomic E-state index is 10.3. The Hall–Kier alpha value is -0.890. The van der Waals surface area contributed by atoms with Crippen LogP contribution in [-0.2, 0) is 4.74 Å². The monoisotopic (exact) mass is 207 g/mol. The van der Waals surface area contributed by atoms with E-state index >= 15 is 0 Å². The molecule has 0 unspecified atom stereocenters. The maximum Gasteiger partial charge on any atom is 0.405 e. The molecule has 1 fully saturated rings. The maximum absolute atomic E-state index is 10.3. The van der Waals surface area contributed by atoms with Crippen LogP contribution < -0.4 is 5.32 Å². The van der Waals surface area contributed by atoms with Crippen molar-refractivity contribution in [1.29, 1.82) is 0 Å². The molecule has 0 aromatic carbocycles. The minimum Gasteiger partial charge on any atom is -0.465 e. The Labute approximate surface area is 79.9 Å². The van der Waals surface area contributed by atoms with Crippen LogP contribution in [-0.4, -0.2) is 64.1 Å². The summed E-state index contributed by atoms with van der Waals surface area (Å²) < 4.78 is 4.94. The molecule has 0 bridgehead atoms. The van der Waals surface area contributed by atoms with Crippen LogP contribution >= 0.6 is 0 Å². The average Bonchev–Trinajstić information content (AvgIpc) is 2.13. The highest BCUT2D eigenvalue weighted by atomic mass is 16.5. The van der Waals surface area contributed by atoms with E-state index in [-0.39, 0.29) is 6.61 Å². The van der Waals surface area contributed by atoms with Gasteiger partial charge in [-0.05, 0) is 0 Å². The molecule has 0 saturated carbocycles. The predicted molar refractivity (Wildman–Crippen MR) is 43.8 cm³/mol. The SMILES string of the molecule is O=C(O)N[C@@H]1CO[C@H](CO)[C@H](O)[C@@H]1O. The Morgan fingerprint density at radius 1 is 1.43 bits per heavy atom. The molecule has 0 spiro atoms. The fourth-order valence-electron chi connectivity index (χ4n) is 1.33. The lowest BCUT2D eigenvalue weighted by atomic mass is 9.99. The van der Waals surface area contributed by atoms with Crippen molar-refractivity contribution in [2.75, 3.05) is 13.2 Å². The van der Waals surface area contributed by atoms with Crippen LogP contribution in [0.3, 0.4) is 0 Å². The van der Waals surface area contributed by atoms with E-state index in [1.807, 2.05) is 5.32 Å². The Morgan fingerprint density at radius 3 is 2.57 bits per heavy atom. The van der Waals surface area contributed by atoms with Gasteiger partial charge in [0, 0.05) is 0 Å². The summed E-state index contributed by atoms with van der Waals surface area (Å²) >= 11 is 0. The first-order valence-corrected chi connectivity index (χ1v) is 4.14. The van der Waals surface area contributed by atoms with Gasteiger partial charge in [0.15, 0.2) is 0 Å². The zero-order valence-electron chi connectivity index (χ0n) is 7.33. The Bertz CT molecular complexity index is 210. The number of rotatable bonds is 2. The zero-order chi connectivity index (χ0) is 10.7. The lowest BCUT2D eigenvalue weighted by Gasteiger charge is -2.36. The van der Waals surface area contributed by atoms with Gasteiger partial charge >= 0.3 is 6.09 Å². The molecule has 5 N–H and O–H groups in total. The van der Waals surface area contributed by atoms with Gasteiger partial charge in [-0.25, -0.2) is 4.79 Å². The minimum absolute atomic E-state index is 0.0737. The number of nitrogens with one attached hydrogen (secondary N) is 1. The summed E-state index contributed by atoms with van der Waals surface area (Å²) in [5, 5.41) is 37.9. The van der Waals surface area contributed by atoms with Crippen molar-refractivity contribution in [2.45, 2.75) is 24.4 Å². The molecule has 1 rings (SSSR count). The normalized spacial score (nSPS) is 37.9. The molecule has 7 nitrogen and oxygen atoms in total. The summed E-state index contributed by atoms with van der Waals surface area (Å²) in [5.74, 6) is 0. The van der Waals surface area contributed by atoms with E-state index in [0.29, 0.717) is 0 Å². The van der Waals surface area contributed by atoms with Crippen molar-refractivity contribution in [3.63, 3.8) is 0 Å². The third-order valence-electron chi connectivity index (χ3n) is 2.12. The van der Waals surface area contributed by atoms with E-state index < -0.39 is 37.1 Å². The molecule has 14 heavy (non-hydrogen) atoms. The van der Waals surface area contributed by atoms with E-state index in [4.69, 9.17) is 14.9 Å². The highest BCUT2D eigenvalue weighted by Crippen LogP contribution is 2.14. The third-order valence-corrected chi connectivity index (χ3v) is 2.12. The molecule has 0 aromatic heterocycles. The summed E-state index contributed by atoms with van der Waals surface area (Å²) in [4.78, 5) is 10.3. The summed E-state index contributed by atoms with van der Waals surface area (Å²) in [6.45, 7) is -0.492. The Morgan fingerprint density at radius 2 is 2.07 bits per heavy atom. The van der Waals surface area contributed by atoms with Crippen molar-refractivity contribution >= 4 is 6.09 Å². The van der Waals surface area contributed by atoms with Crippen LogP contribution in [0.4, 0.5) is 4.79 Å². The predicted octanol–water partition coefficient (Wildman–Crippen LogP) is -2.26. The third kappa shape index (κ3) is 2.32. The fourth-order valence-corrected chi connectivity index (χ4v) is 1.33. The second kappa shape index (κ2) is 4.56. The molecule has 0 aliphatic carbocycles. The fraction of sp³-hybridized carbons (Fsp3) is 0.857. The number of carbonyl (C=O) groups is 1. The first-order chi connectivity index (χ1) is 6.56. The van der Waals surface area contributed by atoms with Gasteiger partial charge in [-0.3, -0.25) is 0 Å². The molecular weight excluding hydrogens is 194 g/mol. The second-order valence-corrected chi connectivity index (χ2v) is 3.09. The van der Waals surface area contributed by atoms with Crippen molar-refractivity contribution in [3.8, 4) is 0 Å². The standard InChI is InChI=1S/C7H13NO6/c9-1-4-6(11)5(10)3(2-14-4)8-7(12)13/h3-6,8-11H,1-2H2,(H,12,13)/t3-,4-,5-,6+/m1/s1. The minimum atomic E-state index is -1.30. The number of aliphatic hydroxyl groups excluding tert-OH is 3. The molecule has 1 amide bonds. The largest absolute Gasteiger partial charge is 0.465 e. The van der Waals surface area contributed by atoms with Crippen molar-refractivity contribution in [3.05, 3.63) is 0 Å². The summed E-state index contributed by atoms with van der Waals surface area (Å²) in [5.41, 5.74) is 0. The first-order valence-electron chi connectivity index (χ1n) is 4.14. The molecule has 82 valence electrons. The molecule has 1 aliphatic rings. The lowest BCUT2D eigenvalue weighted by molar-refractivity contribution is -0.160. The molecular formula is C7H13NO6. The highest BCUT2D eigenvalue weighted by molar-refractivity contribution is 5.65. The van der Waals surface area contributed by atoms with Gasteiger partial charge in [0.2, 0.25) is 0 Å². The van der Waals surface area contributed by atoms with Crippen molar-refractivity contribution in [2.24, 2.45) is 0 Å². The Balaban J connectivity index is 2.54. The molecule has 7 heteroatoms. The topological polar surface area (TPSA) is 119 Å². The number of aliphatic hydroxyl groups is 3. The van der Waals surface area contributed by atoms with Gasteiger partial charge in [-0.1, -0.05) is 0 Å². The van der Waals surface area contributed by atoms with Gasteiger partial charge in [0.1, 0.15) is 18.3 Å². The number of ether oxygens (including phenoxy) is 1. The molecule has 1 heterocycles. The van der Waals surface area contributed by atoms with Crippen LogP contribution in [0.2, 0.25) is 0 Å². The number of amides is 1. The number of hydrogen-bond acceptors (Lipinski definition) is 5. The summed E-state index contributed by atoms with van der Waals surface area (Å²) in [6.07, 6.45) is -4.72. The highest BCUT2D eigenvalue weighted by Gasteiger charge is 2.38. The first kappa shape index (κ1) is 11.2. The van der Waals surface area contributed by atoms with Crippen LogP contribution in [0.5, 0.6) is 0 Å². The van der Waals surface area contributed by atoms with E-state index in [9.17, 15) is 15.0 Å². The van der Waals surface area contributed by atoms with Gasteiger partial charge in [0.05, 0.1) is 19.3 Å². The van der Waals surface area contributed by atoms with Crippen molar-refractivity contribution in [1.82, 2.24) is 5.32 Å². The van der Waals surface area contributed by atoms with E-state index in [0.717, 1.165) is 0 Å². The quantitative estimate of drug-likeness (QED) is 0.348. The number of hydrogen-bond donors (Lipinski definition) is 5. The molecule has 0 radical (unpaired) electrons. The average molecular weight is 207 g/mol. The van der Waals surface area contributed by atoms with Crippen LogP contribution in [0.15, 0.2) is 0 Å². The molecule has 1 saturated heterocycles. The van der Waals surface area contributed by atoms with E-state index in [1.54, 1.807) is 0 Å². The van der Waals surface area contributed by atoms with E-state index in [1.165, 1.54) is 0 Å². The summed E-state index contributed by atoms with van der Waals surface area (Å²) in [7, 11) is 0. The molecule has 1 aliphatic heterocycles. The smallest absolute Gasteiger partial charge is 0.405 e. The van der Waals surface area contributed by atoms with Crippen molar-refractivity contribution < 1.29 is 30.0 Å².